The molecule has 0 aliphatic heterocycles. The van der Waals surface area contributed by atoms with Crippen molar-refractivity contribution < 1.29 is 0 Å². The topological polar surface area (TPSA) is 50.9 Å². The van der Waals surface area contributed by atoms with Gasteiger partial charge in [0.1, 0.15) is 0 Å². The fourth-order valence-electron chi connectivity index (χ4n) is 5.07. The Morgan fingerprint density at radius 1 is 1.15 bits per heavy atom. The van der Waals surface area contributed by atoms with Crippen molar-refractivity contribution in [2.75, 3.05) is 0 Å². The van der Waals surface area contributed by atoms with Crippen LogP contribution in [0.2, 0.25) is 0 Å². The lowest BCUT2D eigenvalue weighted by Crippen LogP contribution is -2.43. The average molecular weight is 271 g/mol. The van der Waals surface area contributed by atoms with E-state index in [0.717, 1.165) is 17.8 Å². The molecule has 4 atom stereocenters. The molecule has 3 N–H and O–H groups in total. The lowest BCUT2D eigenvalue weighted by molar-refractivity contribution is 0.337. The molecule has 0 radical (unpaired) electrons. The summed E-state index contributed by atoms with van der Waals surface area (Å²) in [5, 5.41) is 0. The van der Waals surface area contributed by atoms with Gasteiger partial charge in [-0.15, -0.1) is 0 Å². The van der Waals surface area contributed by atoms with Crippen LogP contribution in [-0.2, 0) is 6.42 Å². The number of nitrogens with one attached hydrogen (secondary N) is 1. The summed E-state index contributed by atoms with van der Waals surface area (Å²) in [6.45, 7) is 0. The van der Waals surface area contributed by atoms with E-state index < -0.39 is 0 Å². The molecule has 0 saturated heterocycles. The maximum atomic E-state index is 5.98. The monoisotopic (exact) mass is 271 g/mol. The van der Waals surface area contributed by atoms with Gasteiger partial charge in [0, 0.05) is 23.9 Å². The minimum Gasteiger partial charge on any atom is -0.271 e. The van der Waals surface area contributed by atoms with Crippen molar-refractivity contribution in [3.63, 3.8) is 0 Å². The minimum absolute atomic E-state index is 0.442. The lowest BCUT2D eigenvalue weighted by atomic mass is 9.80. The second kappa shape index (κ2) is 5.12. The molecule has 3 aliphatic rings. The summed E-state index contributed by atoms with van der Waals surface area (Å²) in [4.78, 5) is 4.70. The van der Waals surface area contributed by atoms with Crippen LogP contribution < -0.4 is 11.3 Å². The summed E-state index contributed by atoms with van der Waals surface area (Å²) in [6.07, 6.45) is 11.4. The highest BCUT2D eigenvalue weighted by molar-refractivity contribution is 5.28. The van der Waals surface area contributed by atoms with Crippen LogP contribution in [0, 0.1) is 17.8 Å². The van der Waals surface area contributed by atoms with Crippen LogP contribution >= 0.6 is 0 Å². The van der Waals surface area contributed by atoms with E-state index in [1.165, 1.54) is 56.2 Å². The molecule has 4 unspecified atom stereocenters. The molecule has 3 heteroatoms. The fourth-order valence-corrected chi connectivity index (χ4v) is 5.07. The zero-order chi connectivity index (χ0) is 13.5. The number of aromatic nitrogens is 1. The number of aryl methyl sites for hydroxylation is 1. The van der Waals surface area contributed by atoms with E-state index in [9.17, 15) is 0 Å². The van der Waals surface area contributed by atoms with E-state index in [0.29, 0.717) is 12.0 Å². The first-order valence-electron chi connectivity index (χ1n) is 8.30. The standard InChI is InChI=1S/C17H25N3/c18-20-17(15-12-7-1-2-8-13(12)15)14-9-3-5-11-6-4-10-19-16(11)14/h4,6,10,12-15,17,20H,1-3,5,7-9,18H2. The number of fused-ring (bicyclic) bond motifs is 2. The summed E-state index contributed by atoms with van der Waals surface area (Å²) < 4.78 is 0. The second-order valence-corrected chi connectivity index (χ2v) is 6.93. The molecule has 1 aromatic heterocycles. The molecule has 108 valence electrons. The largest absolute Gasteiger partial charge is 0.271 e. The number of rotatable bonds is 3. The molecule has 1 heterocycles. The minimum atomic E-state index is 0.442. The number of pyridine rings is 1. The first-order chi connectivity index (χ1) is 9.90. The summed E-state index contributed by atoms with van der Waals surface area (Å²) >= 11 is 0. The summed E-state index contributed by atoms with van der Waals surface area (Å²) in [5.41, 5.74) is 5.97. The molecule has 2 saturated carbocycles. The highest BCUT2D eigenvalue weighted by Gasteiger charge is 2.55. The van der Waals surface area contributed by atoms with E-state index in [2.05, 4.69) is 17.6 Å². The third-order valence-electron chi connectivity index (χ3n) is 6.00. The van der Waals surface area contributed by atoms with Crippen LogP contribution in [0.4, 0.5) is 0 Å². The summed E-state index contributed by atoms with van der Waals surface area (Å²) in [5.74, 6) is 9.20. The zero-order valence-corrected chi connectivity index (χ0v) is 12.1. The van der Waals surface area contributed by atoms with Crippen molar-refractivity contribution in [1.29, 1.82) is 0 Å². The van der Waals surface area contributed by atoms with Crippen molar-refractivity contribution in [3.05, 3.63) is 29.6 Å². The number of hydrazine groups is 1. The van der Waals surface area contributed by atoms with Crippen LogP contribution in [-0.4, -0.2) is 11.0 Å². The molecule has 0 aromatic carbocycles. The maximum absolute atomic E-state index is 5.98. The molecule has 4 rings (SSSR count). The van der Waals surface area contributed by atoms with Gasteiger partial charge < -0.3 is 0 Å². The molecule has 3 aliphatic carbocycles. The lowest BCUT2D eigenvalue weighted by Gasteiger charge is -2.31. The van der Waals surface area contributed by atoms with Crippen LogP contribution in [0.25, 0.3) is 0 Å². The molecule has 20 heavy (non-hydrogen) atoms. The molecular weight excluding hydrogens is 246 g/mol. The summed E-state index contributed by atoms with van der Waals surface area (Å²) in [6, 6.07) is 4.77. The molecule has 2 fully saturated rings. The van der Waals surface area contributed by atoms with Gasteiger partial charge in [0.2, 0.25) is 0 Å². The maximum Gasteiger partial charge on any atom is 0.0482 e. The van der Waals surface area contributed by atoms with Gasteiger partial charge in [0.15, 0.2) is 0 Å². The summed E-state index contributed by atoms with van der Waals surface area (Å²) in [7, 11) is 0. The Hall–Kier alpha value is -0.930. The molecular formula is C17H25N3. The zero-order valence-electron chi connectivity index (χ0n) is 12.1. The Morgan fingerprint density at radius 2 is 1.95 bits per heavy atom. The van der Waals surface area contributed by atoms with Gasteiger partial charge >= 0.3 is 0 Å². The Kier molecular flexibility index (Phi) is 3.27. The van der Waals surface area contributed by atoms with E-state index in [4.69, 9.17) is 10.8 Å². The van der Waals surface area contributed by atoms with Gasteiger partial charge in [-0.25, -0.2) is 0 Å². The van der Waals surface area contributed by atoms with E-state index >= 15 is 0 Å². The Labute approximate surface area is 121 Å². The molecule has 0 bridgehead atoms. The van der Waals surface area contributed by atoms with Gasteiger partial charge in [-0.2, -0.15) is 0 Å². The Morgan fingerprint density at radius 3 is 2.70 bits per heavy atom. The molecule has 1 aromatic rings. The highest BCUT2D eigenvalue weighted by Crippen LogP contribution is 2.59. The van der Waals surface area contributed by atoms with Crippen molar-refractivity contribution in [3.8, 4) is 0 Å². The van der Waals surface area contributed by atoms with Crippen LogP contribution in [0.15, 0.2) is 18.3 Å². The quantitative estimate of drug-likeness (QED) is 0.656. The third-order valence-corrected chi connectivity index (χ3v) is 6.00. The normalized spacial score (nSPS) is 36.9. The van der Waals surface area contributed by atoms with Gasteiger partial charge in [0.25, 0.3) is 0 Å². The SMILES string of the molecule is NNC(C1CCCc2cccnc21)C1C2CCCCC21. The number of hydrogen-bond acceptors (Lipinski definition) is 3. The number of nitrogens with zero attached hydrogens (tertiary/aromatic N) is 1. The number of hydrogen-bond donors (Lipinski definition) is 2. The van der Waals surface area contributed by atoms with E-state index in [-0.39, 0.29) is 0 Å². The third kappa shape index (κ3) is 1.99. The Bertz CT molecular complexity index is 475. The van der Waals surface area contributed by atoms with Gasteiger partial charge in [-0.1, -0.05) is 18.9 Å². The first kappa shape index (κ1) is 12.8. The van der Waals surface area contributed by atoms with E-state index in [1.807, 2.05) is 6.20 Å². The fraction of sp³-hybridized carbons (Fsp3) is 0.706. The van der Waals surface area contributed by atoms with Crippen LogP contribution in [0.3, 0.4) is 0 Å². The second-order valence-electron chi connectivity index (χ2n) is 6.93. The molecule has 0 amide bonds. The average Bonchev–Trinajstić information content (AvgIpc) is 3.23. The van der Waals surface area contributed by atoms with Crippen LogP contribution in [0.1, 0.15) is 55.7 Å². The van der Waals surface area contributed by atoms with Crippen molar-refractivity contribution >= 4 is 0 Å². The Balaban J connectivity index is 1.60. The predicted octanol–water partition coefficient (Wildman–Crippen LogP) is 2.77. The molecule has 0 spiro atoms. The van der Waals surface area contributed by atoms with Crippen molar-refractivity contribution in [2.45, 2.75) is 56.9 Å². The van der Waals surface area contributed by atoms with Crippen molar-refractivity contribution in [1.82, 2.24) is 10.4 Å². The van der Waals surface area contributed by atoms with Gasteiger partial charge in [0.05, 0.1) is 0 Å². The predicted molar refractivity (Wildman–Crippen MR) is 80.0 cm³/mol. The van der Waals surface area contributed by atoms with Crippen molar-refractivity contribution in [2.24, 2.45) is 23.6 Å². The van der Waals surface area contributed by atoms with Gasteiger partial charge in [-0.05, 0) is 61.5 Å². The molecule has 3 nitrogen and oxygen atoms in total. The number of nitrogens with two attached hydrogens (primary N) is 1. The smallest absolute Gasteiger partial charge is 0.0482 e. The van der Waals surface area contributed by atoms with Crippen LogP contribution in [0.5, 0.6) is 0 Å². The van der Waals surface area contributed by atoms with Gasteiger partial charge in [-0.3, -0.25) is 16.3 Å². The highest BCUT2D eigenvalue weighted by atomic mass is 15.2. The first-order valence-corrected chi connectivity index (χ1v) is 8.30. The van der Waals surface area contributed by atoms with E-state index in [1.54, 1.807) is 0 Å².